The van der Waals surface area contributed by atoms with Crippen molar-refractivity contribution >= 4 is 27.5 Å². The fourth-order valence-corrected chi connectivity index (χ4v) is 8.55. The molecule has 0 radical (unpaired) electrons. The van der Waals surface area contributed by atoms with Crippen molar-refractivity contribution in [2.45, 2.75) is 56.9 Å². The molecule has 7 heteroatoms. The molecule has 28 heavy (non-hydrogen) atoms. The van der Waals surface area contributed by atoms with Crippen LogP contribution in [-0.2, 0) is 20.6 Å². The molecule has 1 amide bonds. The molecule has 4 fully saturated rings. The number of benzene rings is 1. The molecule has 1 aromatic carbocycles. The molecule has 0 saturated heterocycles. The van der Waals surface area contributed by atoms with Gasteiger partial charge < -0.3 is 5.32 Å². The molecule has 6 atom stereocenters. The van der Waals surface area contributed by atoms with Crippen LogP contribution in [0.1, 0.15) is 45.1 Å². The van der Waals surface area contributed by atoms with Crippen molar-refractivity contribution in [3.8, 4) is 0 Å². The van der Waals surface area contributed by atoms with Gasteiger partial charge in [-0.3, -0.25) is 4.79 Å². The van der Waals surface area contributed by atoms with E-state index in [9.17, 15) is 13.2 Å². The van der Waals surface area contributed by atoms with Crippen molar-refractivity contribution in [3.63, 3.8) is 0 Å². The molecule has 6 unspecified atom stereocenters. The minimum absolute atomic E-state index is 0.179. The Hall–Kier alpha value is -1.11. The Kier molecular flexibility index (Phi) is 4.02. The third-order valence-electron chi connectivity index (χ3n) is 8.01. The average molecular weight is 423 g/mol. The zero-order chi connectivity index (χ0) is 19.9. The average Bonchev–Trinajstić information content (AvgIpc) is 3.07. The van der Waals surface area contributed by atoms with Crippen LogP contribution in [0.2, 0.25) is 5.02 Å². The number of rotatable bonds is 6. The summed E-state index contributed by atoms with van der Waals surface area (Å²) in [5.74, 6) is 2.57. The summed E-state index contributed by atoms with van der Waals surface area (Å²) in [6.07, 6.45) is 5.13. The van der Waals surface area contributed by atoms with Crippen molar-refractivity contribution in [2.75, 3.05) is 0 Å². The minimum Gasteiger partial charge on any atom is -0.351 e. The third kappa shape index (κ3) is 2.67. The molecule has 4 saturated carbocycles. The first-order chi connectivity index (χ1) is 13.1. The highest BCUT2D eigenvalue weighted by Gasteiger charge is 2.76. The van der Waals surface area contributed by atoms with Crippen LogP contribution in [0.4, 0.5) is 0 Å². The lowest BCUT2D eigenvalue weighted by molar-refractivity contribution is -0.185. The van der Waals surface area contributed by atoms with Crippen LogP contribution in [-0.4, -0.2) is 25.9 Å². The molecule has 4 aliphatic carbocycles. The van der Waals surface area contributed by atoms with Gasteiger partial charge in [0.1, 0.15) is 5.54 Å². The van der Waals surface area contributed by atoms with Crippen molar-refractivity contribution in [1.29, 1.82) is 0 Å². The number of sulfonamides is 1. The van der Waals surface area contributed by atoms with Crippen LogP contribution in [0, 0.1) is 29.1 Å². The Labute approximate surface area is 171 Å². The maximum Gasteiger partial charge on any atom is 0.240 e. The van der Waals surface area contributed by atoms with Gasteiger partial charge in [-0.2, -0.15) is 4.72 Å². The van der Waals surface area contributed by atoms with Gasteiger partial charge in [-0.1, -0.05) is 23.7 Å². The second-order valence-corrected chi connectivity index (χ2v) is 12.1. The molecule has 5 rings (SSSR count). The summed E-state index contributed by atoms with van der Waals surface area (Å²) in [5.41, 5.74) is -0.0230. The minimum atomic E-state index is -3.66. The summed E-state index contributed by atoms with van der Waals surface area (Å²) < 4.78 is 27.8. The smallest absolute Gasteiger partial charge is 0.240 e. The highest BCUT2D eigenvalue weighted by molar-refractivity contribution is 7.88. The highest BCUT2D eigenvalue weighted by atomic mass is 35.5. The van der Waals surface area contributed by atoms with Crippen molar-refractivity contribution in [1.82, 2.24) is 10.0 Å². The van der Waals surface area contributed by atoms with Gasteiger partial charge in [0.15, 0.2) is 0 Å². The van der Waals surface area contributed by atoms with E-state index in [4.69, 9.17) is 11.6 Å². The van der Waals surface area contributed by atoms with Gasteiger partial charge in [-0.05, 0) is 86.3 Å². The predicted molar refractivity (Wildman–Crippen MR) is 108 cm³/mol. The summed E-state index contributed by atoms with van der Waals surface area (Å²) in [5, 5.41) is 3.79. The van der Waals surface area contributed by atoms with E-state index in [2.05, 4.69) is 10.0 Å². The van der Waals surface area contributed by atoms with E-state index in [1.165, 1.54) is 25.7 Å². The van der Waals surface area contributed by atoms with E-state index in [0.29, 0.717) is 27.8 Å². The van der Waals surface area contributed by atoms with Gasteiger partial charge in [0.25, 0.3) is 0 Å². The zero-order valence-corrected chi connectivity index (χ0v) is 17.8. The SMILES string of the molecule is CC(C)(NS(=O)(=O)Cc1ccc(Cl)cc1)C(=O)NC1C2CC3CC4CC1C34C2. The molecule has 152 valence electrons. The predicted octanol–water partition coefficient (Wildman–Crippen LogP) is 3.09. The lowest BCUT2D eigenvalue weighted by Crippen LogP contribution is -2.66. The third-order valence-corrected chi connectivity index (χ3v) is 9.80. The summed E-state index contributed by atoms with van der Waals surface area (Å²) in [4.78, 5) is 13.0. The number of hydrogen-bond acceptors (Lipinski definition) is 3. The first-order valence-corrected chi connectivity index (χ1v) is 12.2. The molecular formula is C21H27ClN2O3S. The normalized spacial score (nSPS) is 37.8. The van der Waals surface area contributed by atoms with Crippen LogP contribution >= 0.6 is 11.6 Å². The van der Waals surface area contributed by atoms with E-state index >= 15 is 0 Å². The molecule has 1 aromatic rings. The second-order valence-electron chi connectivity index (χ2n) is 9.90. The summed E-state index contributed by atoms with van der Waals surface area (Å²) in [7, 11) is -3.66. The summed E-state index contributed by atoms with van der Waals surface area (Å²) >= 11 is 5.86. The number of hydrogen-bond donors (Lipinski definition) is 2. The van der Waals surface area contributed by atoms with Crippen molar-refractivity contribution in [3.05, 3.63) is 34.9 Å². The van der Waals surface area contributed by atoms with E-state index in [0.717, 1.165) is 11.8 Å². The van der Waals surface area contributed by atoms with Crippen LogP contribution in [0.25, 0.3) is 0 Å². The van der Waals surface area contributed by atoms with Crippen molar-refractivity contribution in [2.24, 2.45) is 29.1 Å². The number of carbonyl (C=O) groups excluding carboxylic acids is 1. The fraction of sp³-hybridized carbons (Fsp3) is 0.667. The standard InChI is InChI=1S/C21H27ClN2O3S/c1-20(2,24-28(26,27)11-12-3-5-16(22)6-4-12)19(25)23-18-13-7-14-8-15-9-17(18)21(14,15)10-13/h3-6,13-15,17-18,24H,7-11H2,1-2H3,(H,23,25). The molecule has 1 spiro atoms. The topological polar surface area (TPSA) is 75.3 Å². The lowest BCUT2D eigenvalue weighted by atomic mass is 9.38. The maximum atomic E-state index is 13.0. The lowest BCUT2D eigenvalue weighted by Gasteiger charge is -2.67. The number of halogens is 1. The van der Waals surface area contributed by atoms with Gasteiger partial charge in [0, 0.05) is 11.1 Å². The van der Waals surface area contributed by atoms with E-state index < -0.39 is 15.6 Å². The Morgan fingerprint density at radius 1 is 1.18 bits per heavy atom. The fourth-order valence-electron chi connectivity index (χ4n) is 6.85. The molecule has 0 aliphatic heterocycles. The number of carbonyl (C=O) groups is 1. The first-order valence-electron chi connectivity index (χ1n) is 10.2. The van der Waals surface area contributed by atoms with Crippen LogP contribution in [0.3, 0.4) is 0 Å². The van der Waals surface area contributed by atoms with E-state index in [1.807, 2.05) is 0 Å². The molecule has 2 N–H and O–H groups in total. The number of fused-ring (bicyclic) bond motifs is 1. The molecule has 2 bridgehead atoms. The Bertz CT molecular complexity index is 929. The van der Waals surface area contributed by atoms with E-state index in [1.54, 1.807) is 38.1 Å². The Morgan fingerprint density at radius 3 is 2.50 bits per heavy atom. The highest BCUT2D eigenvalue weighted by Crippen LogP contribution is 2.81. The van der Waals surface area contributed by atoms with Gasteiger partial charge in [0.2, 0.25) is 15.9 Å². The zero-order valence-electron chi connectivity index (χ0n) is 16.2. The molecule has 0 aromatic heterocycles. The maximum absolute atomic E-state index is 13.0. The Morgan fingerprint density at radius 2 is 1.86 bits per heavy atom. The van der Waals surface area contributed by atoms with Gasteiger partial charge in [0.05, 0.1) is 5.75 Å². The van der Waals surface area contributed by atoms with Crippen LogP contribution < -0.4 is 10.0 Å². The largest absolute Gasteiger partial charge is 0.351 e. The van der Waals surface area contributed by atoms with E-state index in [-0.39, 0.29) is 17.7 Å². The molecule has 4 aliphatic rings. The first kappa shape index (κ1) is 18.9. The van der Waals surface area contributed by atoms with Gasteiger partial charge >= 0.3 is 0 Å². The number of amides is 1. The Balaban J connectivity index is 1.24. The quantitative estimate of drug-likeness (QED) is 0.739. The summed E-state index contributed by atoms with van der Waals surface area (Å²) in [6.45, 7) is 3.28. The number of nitrogens with one attached hydrogen (secondary N) is 2. The van der Waals surface area contributed by atoms with Crippen LogP contribution in [0.5, 0.6) is 0 Å². The van der Waals surface area contributed by atoms with Crippen LogP contribution in [0.15, 0.2) is 24.3 Å². The monoisotopic (exact) mass is 422 g/mol. The molecular weight excluding hydrogens is 396 g/mol. The second kappa shape index (κ2) is 5.96. The summed E-state index contributed by atoms with van der Waals surface area (Å²) in [6, 6.07) is 6.92. The molecule has 5 nitrogen and oxygen atoms in total. The van der Waals surface area contributed by atoms with Crippen molar-refractivity contribution < 1.29 is 13.2 Å². The van der Waals surface area contributed by atoms with Gasteiger partial charge in [-0.25, -0.2) is 8.42 Å². The molecule has 0 heterocycles. The van der Waals surface area contributed by atoms with Gasteiger partial charge in [-0.15, -0.1) is 0 Å².